The number of hydrogen-bond acceptors (Lipinski definition) is 5. The van der Waals surface area contributed by atoms with Gasteiger partial charge in [-0.05, 0) is 76.2 Å². The van der Waals surface area contributed by atoms with Crippen LogP contribution in [-0.2, 0) is 4.79 Å². The Bertz CT molecular complexity index is 801. The number of aromatic nitrogens is 4. The van der Waals surface area contributed by atoms with Crippen molar-refractivity contribution >= 4 is 11.9 Å². The maximum Gasteiger partial charge on any atom is 0.322 e. The number of hydrogen-bond donors (Lipinski definition) is 1. The number of anilines is 1. The van der Waals surface area contributed by atoms with Gasteiger partial charge in [0.1, 0.15) is 5.69 Å². The van der Waals surface area contributed by atoms with Gasteiger partial charge in [-0.1, -0.05) is 5.10 Å². The Hall–Kier alpha value is -2.18. The molecular weight excluding hydrogens is 330 g/mol. The van der Waals surface area contributed by atoms with E-state index in [-0.39, 0.29) is 23.4 Å². The molecule has 0 aliphatic heterocycles. The average molecular weight is 355 g/mol. The van der Waals surface area contributed by atoms with E-state index in [2.05, 4.69) is 20.6 Å². The molecule has 4 aliphatic rings. The maximum atomic E-state index is 13.1. The summed E-state index contributed by atoms with van der Waals surface area (Å²) in [6.45, 7) is 4.09. The minimum absolute atomic E-state index is 0.0733. The van der Waals surface area contributed by atoms with Crippen LogP contribution in [0.25, 0.3) is 11.6 Å². The first kappa shape index (κ1) is 16.0. The number of nitrogens with zero attached hydrogens (tertiary/aromatic N) is 4. The number of carbonyl (C=O) groups excluding carboxylic acids is 1. The molecule has 0 spiro atoms. The van der Waals surface area contributed by atoms with E-state index in [0.29, 0.717) is 5.89 Å². The number of nitrogens with one attached hydrogen (secondary N) is 1. The Balaban J connectivity index is 1.35. The summed E-state index contributed by atoms with van der Waals surface area (Å²) >= 11 is 0. The molecule has 138 valence electrons. The van der Waals surface area contributed by atoms with Crippen molar-refractivity contribution in [1.29, 1.82) is 0 Å². The lowest BCUT2D eigenvalue weighted by atomic mass is 9.49. The average Bonchev–Trinajstić information content (AvgIpc) is 3.22. The van der Waals surface area contributed by atoms with Crippen molar-refractivity contribution in [2.75, 3.05) is 5.32 Å². The molecule has 1 amide bonds. The van der Waals surface area contributed by atoms with Crippen LogP contribution in [0.4, 0.5) is 6.01 Å². The van der Waals surface area contributed by atoms with Crippen LogP contribution >= 0.6 is 0 Å². The second-order valence-electron chi connectivity index (χ2n) is 8.82. The normalized spacial score (nSPS) is 32.3. The smallest absolute Gasteiger partial charge is 0.322 e. The fourth-order valence-corrected chi connectivity index (χ4v) is 5.89. The molecule has 0 radical (unpaired) electrons. The summed E-state index contributed by atoms with van der Waals surface area (Å²) < 4.78 is 7.57. The standard InChI is InChI=1S/C19H25N5O2/c1-11(2)24-15(3-4-20-24)16-22-23-18(26-16)21-17(25)19-8-12-5-13(9-19)7-14(6-12)10-19/h3-4,11-14H,5-10H2,1-2H3,(H,21,23,25). The van der Waals surface area contributed by atoms with Gasteiger partial charge in [-0.15, -0.1) is 5.10 Å². The number of carbonyl (C=O) groups is 1. The van der Waals surface area contributed by atoms with Gasteiger partial charge in [-0.25, -0.2) is 0 Å². The highest BCUT2D eigenvalue weighted by Gasteiger charge is 2.54. The summed E-state index contributed by atoms with van der Waals surface area (Å²) in [7, 11) is 0. The summed E-state index contributed by atoms with van der Waals surface area (Å²) in [6.07, 6.45) is 8.72. The van der Waals surface area contributed by atoms with Crippen molar-refractivity contribution in [3.05, 3.63) is 12.3 Å². The monoisotopic (exact) mass is 355 g/mol. The maximum absolute atomic E-state index is 13.1. The van der Waals surface area contributed by atoms with Gasteiger partial charge in [0.05, 0.1) is 5.41 Å². The van der Waals surface area contributed by atoms with E-state index >= 15 is 0 Å². The van der Waals surface area contributed by atoms with Gasteiger partial charge in [0.2, 0.25) is 5.91 Å². The van der Waals surface area contributed by atoms with Crippen LogP contribution in [-0.4, -0.2) is 25.9 Å². The summed E-state index contributed by atoms with van der Waals surface area (Å²) in [5.41, 5.74) is 0.547. The molecule has 0 aromatic carbocycles. The Labute approximate surface area is 152 Å². The fourth-order valence-electron chi connectivity index (χ4n) is 5.89. The van der Waals surface area contributed by atoms with Crippen LogP contribution < -0.4 is 5.32 Å². The molecule has 6 rings (SSSR count). The SMILES string of the molecule is CC(C)n1nccc1-c1nnc(NC(=O)C23CC4CC(CC(C4)C2)C3)o1. The first-order valence-corrected chi connectivity index (χ1v) is 9.71. The molecule has 7 nitrogen and oxygen atoms in total. The molecule has 0 unspecified atom stereocenters. The molecule has 4 fully saturated rings. The molecule has 7 heteroatoms. The van der Waals surface area contributed by atoms with Crippen molar-refractivity contribution in [1.82, 2.24) is 20.0 Å². The lowest BCUT2D eigenvalue weighted by molar-refractivity contribution is -0.140. The van der Waals surface area contributed by atoms with Gasteiger partial charge in [-0.3, -0.25) is 14.8 Å². The molecule has 0 saturated heterocycles. The lowest BCUT2D eigenvalue weighted by Crippen LogP contribution is -2.51. The van der Waals surface area contributed by atoms with Crippen LogP contribution in [0.5, 0.6) is 0 Å². The van der Waals surface area contributed by atoms with Gasteiger partial charge >= 0.3 is 6.01 Å². The van der Waals surface area contributed by atoms with Crippen LogP contribution in [0, 0.1) is 23.2 Å². The minimum Gasteiger partial charge on any atom is -0.401 e. The molecule has 2 heterocycles. The summed E-state index contributed by atoms with van der Waals surface area (Å²) in [5, 5.41) is 15.4. The topological polar surface area (TPSA) is 85.8 Å². The van der Waals surface area contributed by atoms with Crippen molar-refractivity contribution in [3.63, 3.8) is 0 Å². The van der Waals surface area contributed by atoms with E-state index < -0.39 is 0 Å². The van der Waals surface area contributed by atoms with E-state index in [1.54, 1.807) is 6.20 Å². The molecular formula is C19H25N5O2. The predicted molar refractivity (Wildman–Crippen MR) is 95.1 cm³/mol. The quantitative estimate of drug-likeness (QED) is 0.904. The second kappa shape index (κ2) is 5.66. The second-order valence-corrected chi connectivity index (χ2v) is 8.82. The molecule has 4 aliphatic carbocycles. The first-order chi connectivity index (χ1) is 12.5. The molecule has 4 saturated carbocycles. The van der Waals surface area contributed by atoms with Gasteiger partial charge in [0.15, 0.2) is 0 Å². The van der Waals surface area contributed by atoms with E-state index in [9.17, 15) is 4.79 Å². The minimum atomic E-state index is -0.219. The summed E-state index contributed by atoms with van der Waals surface area (Å²) in [6, 6.07) is 2.23. The summed E-state index contributed by atoms with van der Waals surface area (Å²) in [5.74, 6) is 2.64. The van der Waals surface area contributed by atoms with Crippen molar-refractivity contribution in [3.8, 4) is 11.6 Å². The zero-order valence-corrected chi connectivity index (χ0v) is 15.3. The predicted octanol–water partition coefficient (Wildman–Crippen LogP) is 3.67. The summed E-state index contributed by atoms with van der Waals surface area (Å²) in [4.78, 5) is 13.1. The highest BCUT2D eigenvalue weighted by atomic mass is 16.4. The Morgan fingerprint density at radius 3 is 2.46 bits per heavy atom. The zero-order chi connectivity index (χ0) is 17.9. The van der Waals surface area contributed by atoms with Gasteiger partial charge in [0, 0.05) is 12.2 Å². The Morgan fingerprint density at radius 2 is 1.85 bits per heavy atom. The molecule has 0 atom stereocenters. The number of amides is 1. The van der Waals surface area contributed by atoms with Crippen molar-refractivity contribution in [2.45, 2.75) is 58.4 Å². The van der Waals surface area contributed by atoms with Crippen molar-refractivity contribution < 1.29 is 9.21 Å². The molecule has 26 heavy (non-hydrogen) atoms. The third-order valence-corrected chi connectivity index (χ3v) is 6.54. The van der Waals surface area contributed by atoms with Crippen LogP contribution in [0.2, 0.25) is 0 Å². The highest BCUT2D eigenvalue weighted by Crippen LogP contribution is 2.60. The zero-order valence-electron chi connectivity index (χ0n) is 15.3. The van der Waals surface area contributed by atoms with Gasteiger partial charge in [0.25, 0.3) is 5.89 Å². The van der Waals surface area contributed by atoms with E-state index in [4.69, 9.17) is 4.42 Å². The Morgan fingerprint density at radius 1 is 1.19 bits per heavy atom. The fraction of sp³-hybridized carbons (Fsp3) is 0.684. The van der Waals surface area contributed by atoms with E-state index in [0.717, 1.165) is 42.7 Å². The number of rotatable bonds is 4. The lowest BCUT2D eigenvalue weighted by Gasteiger charge is -2.55. The largest absolute Gasteiger partial charge is 0.401 e. The van der Waals surface area contributed by atoms with Gasteiger partial charge in [-0.2, -0.15) is 5.10 Å². The molecule has 1 N–H and O–H groups in total. The van der Waals surface area contributed by atoms with Crippen LogP contribution in [0.3, 0.4) is 0 Å². The third kappa shape index (κ3) is 2.47. The molecule has 2 aromatic rings. The van der Waals surface area contributed by atoms with E-state index in [1.807, 2.05) is 24.6 Å². The molecule has 4 bridgehead atoms. The van der Waals surface area contributed by atoms with Crippen LogP contribution in [0.15, 0.2) is 16.7 Å². The van der Waals surface area contributed by atoms with Gasteiger partial charge < -0.3 is 4.42 Å². The van der Waals surface area contributed by atoms with Crippen LogP contribution in [0.1, 0.15) is 58.4 Å². The highest BCUT2D eigenvalue weighted by molar-refractivity contribution is 5.94. The van der Waals surface area contributed by atoms with E-state index in [1.165, 1.54) is 19.3 Å². The Kier molecular flexibility index (Phi) is 3.49. The third-order valence-electron chi connectivity index (χ3n) is 6.54. The van der Waals surface area contributed by atoms with Crippen molar-refractivity contribution in [2.24, 2.45) is 23.2 Å². The molecule has 2 aromatic heterocycles. The first-order valence-electron chi connectivity index (χ1n) is 9.71.